The molecular formula is C15H15NO3. The number of hydrogen-bond acceptors (Lipinski definition) is 4. The van der Waals surface area contributed by atoms with Crippen LogP contribution in [-0.4, -0.2) is 13.2 Å². The zero-order valence-corrected chi connectivity index (χ0v) is 10.5. The monoisotopic (exact) mass is 257 g/mol. The molecule has 1 heterocycles. The third kappa shape index (κ3) is 2.57. The summed E-state index contributed by atoms with van der Waals surface area (Å²) in [5.74, 6) is 1.98. The zero-order valence-electron chi connectivity index (χ0n) is 10.5. The van der Waals surface area contributed by atoms with E-state index in [0.29, 0.717) is 42.8 Å². The summed E-state index contributed by atoms with van der Waals surface area (Å²) in [5.41, 5.74) is 7.60. The summed E-state index contributed by atoms with van der Waals surface area (Å²) < 4.78 is 16.7. The summed E-state index contributed by atoms with van der Waals surface area (Å²) in [5, 5.41) is 0. The second-order valence-corrected chi connectivity index (χ2v) is 4.31. The molecule has 0 radical (unpaired) electrons. The van der Waals surface area contributed by atoms with Crippen molar-refractivity contribution in [2.24, 2.45) is 0 Å². The molecule has 98 valence electrons. The fourth-order valence-electron chi connectivity index (χ4n) is 1.95. The lowest BCUT2D eigenvalue weighted by Crippen LogP contribution is -2.15. The Labute approximate surface area is 111 Å². The van der Waals surface area contributed by atoms with Gasteiger partial charge in [-0.2, -0.15) is 0 Å². The van der Waals surface area contributed by atoms with Crippen LogP contribution in [0.15, 0.2) is 42.5 Å². The molecular weight excluding hydrogens is 242 g/mol. The van der Waals surface area contributed by atoms with E-state index in [1.165, 1.54) is 0 Å². The average molecular weight is 257 g/mol. The summed E-state index contributed by atoms with van der Waals surface area (Å²) in [7, 11) is 0. The van der Waals surface area contributed by atoms with Crippen molar-refractivity contribution in [3.05, 3.63) is 48.0 Å². The molecule has 2 N–H and O–H groups in total. The topological polar surface area (TPSA) is 53.7 Å². The van der Waals surface area contributed by atoms with Crippen molar-refractivity contribution < 1.29 is 14.2 Å². The summed E-state index contributed by atoms with van der Waals surface area (Å²) in [6.45, 7) is 1.58. The van der Waals surface area contributed by atoms with Gasteiger partial charge in [-0.05, 0) is 5.56 Å². The van der Waals surface area contributed by atoms with Crippen molar-refractivity contribution in [1.82, 2.24) is 0 Å². The van der Waals surface area contributed by atoms with E-state index in [0.717, 1.165) is 5.56 Å². The first-order valence-electron chi connectivity index (χ1n) is 6.19. The van der Waals surface area contributed by atoms with Crippen molar-refractivity contribution >= 4 is 5.69 Å². The van der Waals surface area contributed by atoms with Crippen molar-refractivity contribution in [2.45, 2.75) is 6.61 Å². The number of benzene rings is 2. The van der Waals surface area contributed by atoms with Gasteiger partial charge in [0.05, 0.1) is 5.69 Å². The largest absolute Gasteiger partial charge is 0.487 e. The van der Waals surface area contributed by atoms with Gasteiger partial charge >= 0.3 is 0 Å². The lowest BCUT2D eigenvalue weighted by molar-refractivity contribution is 0.170. The predicted molar refractivity (Wildman–Crippen MR) is 72.6 cm³/mol. The number of ether oxygens (including phenoxy) is 3. The maximum atomic E-state index is 5.95. The van der Waals surface area contributed by atoms with Gasteiger partial charge in [0.15, 0.2) is 11.5 Å². The molecule has 0 spiro atoms. The van der Waals surface area contributed by atoms with Crippen LogP contribution in [0, 0.1) is 0 Å². The molecule has 0 aliphatic carbocycles. The molecule has 0 saturated carbocycles. The molecule has 4 nitrogen and oxygen atoms in total. The molecule has 0 unspecified atom stereocenters. The highest BCUT2D eigenvalue weighted by Gasteiger charge is 2.15. The molecule has 0 bridgehead atoms. The van der Waals surface area contributed by atoms with Crippen molar-refractivity contribution in [2.75, 3.05) is 18.9 Å². The van der Waals surface area contributed by atoms with Crippen LogP contribution < -0.4 is 19.9 Å². The number of anilines is 1. The molecule has 0 saturated heterocycles. The maximum Gasteiger partial charge on any atom is 0.165 e. The molecule has 19 heavy (non-hydrogen) atoms. The minimum atomic E-state index is 0.477. The molecule has 1 aliphatic heterocycles. The lowest BCUT2D eigenvalue weighted by Gasteiger charge is -2.20. The zero-order chi connectivity index (χ0) is 13.1. The molecule has 4 heteroatoms. The highest BCUT2D eigenvalue weighted by atomic mass is 16.6. The van der Waals surface area contributed by atoms with Gasteiger partial charge in [0.2, 0.25) is 0 Å². The Bertz CT molecular complexity index is 569. The quantitative estimate of drug-likeness (QED) is 0.859. The Kier molecular flexibility index (Phi) is 3.14. The Morgan fingerprint density at radius 1 is 1.00 bits per heavy atom. The first kappa shape index (κ1) is 11.7. The van der Waals surface area contributed by atoms with Crippen LogP contribution in [0.1, 0.15) is 5.56 Å². The summed E-state index contributed by atoms with van der Waals surface area (Å²) in [6.07, 6.45) is 0. The van der Waals surface area contributed by atoms with E-state index in [2.05, 4.69) is 0 Å². The highest BCUT2D eigenvalue weighted by molar-refractivity contribution is 5.62. The molecule has 3 rings (SSSR count). The fourth-order valence-corrected chi connectivity index (χ4v) is 1.95. The van der Waals surface area contributed by atoms with Gasteiger partial charge in [-0.3, -0.25) is 0 Å². The molecule has 1 aliphatic rings. The second kappa shape index (κ2) is 5.10. The van der Waals surface area contributed by atoms with Crippen LogP contribution in [-0.2, 0) is 6.61 Å². The van der Waals surface area contributed by atoms with Crippen LogP contribution >= 0.6 is 0 Å². The minimum absolute atomic E-state index is 0.477. The molecule has 0 amide bonds. The van der Waals surface area contributed by atoms with Gasteiger partial charge < -0.3 is 19.9 Å². The molecule has 2 aromatic rings. The summed E-state index contributed by atoms with van der Waals surface area (Å²) in [4.78, 5) is 0. The first-order valence-corrected chi connectivity index (χ1v) is 6.19. The molecule has 0 aromatic heterocycles. The van der Waals surface area contributed by atoms with Gasteiger partial charge in [0.25, 0.3) is 0 Å². The Balaban J connectivity index is 1.77. The maximum absolute atomic E-state index is 5.95. The number of nitrogens with two attached hydrogens (primary N) is 1. The number of fused-ring (bicyclic) bond motifs is 1. The van der Waals surface area contributed by atoms with Gasteiger partial charge in [0, 0.05) is 12.1 Å². The van der Waals surface area contributed by atoms with E-state index in [1.54, 1.807) is 12.1 Å². The summed E-state index contributed by atoms with van der Waals surface area (Å²) >= 11 is 0. The first-order chi connectivity index (χ1) is 9.33. The Morgan fingerprint density at radius 3 is 2.42 bits per heavy atom. The number of hydrogen-bond donors (Lipinski definition) is 1. The smallest absolute Gasteiger partial charge is 0.165 e. The van der Waals surface area contributed by atoms with E-state index >= 15 is 0 Å². The Hall–Kier alpha value is -2.36. The third-order valence-corrected chi connectivity index (χ3v) is 2.91. The van der Waals surface area contributed by atoms with E-state index < -0.39 is 0 Å². The average Bonchev–Trinajstić information content (AvgIpc) is 2.46. The van der Waals surface area contributed by atoms with Crippen molar-refractivity contribution in [3.8, 4) is 17.2 Å². The van der Waals surface area contributed by atoms with E-state index in [9.17, 15) is 0 Å². The van der Waals surface area contributed by atoms with E-state index in [-0.39, 0.29) is 0 Å². The standard InChI is InChI=1S/C15H15NO3/c16-12-8-14-15(18-7-6-17-14)9-13(12)19-10-11-4-2-1-3-5-11/h1-5,8-9H,6-7,10,16H2. The van der Waals surface area contributed by atoms with Gasteiger partial charge in [-0.1, -0.05) is 30.3 Å². The Morgan fingerprint density at radius 2 is 1.68 bits per heavy atom. The normalized spacial score (nSPS) is 13.1. The minimum Gasteiger partial charge on any atom is -0.487 e. The van der Waals surface area contributed by atoms with Crippen LogP contribution in [0.4, 0.5) is 5.69 Å². The van der Waals surface area contributed by atoms with E-state index in [4.69, 9.17) is 19.9 Å². The predicted octanol–water partition coefficient (Wildman–Crippen LogP) is 2.62. The number of nitrogen functional groups attached to an aromatic ring is 1. The van der Waals surface area contributed by atoms with Gasteiger partial charge in [0.1, 0.15) is 25.6 Å². The van der Waals surface area contributed by atoms with Crippen LogP contribution in [0.25, 0.3) is 0 Å². The summed E-state index contributed by atoms with van der Waals surface area (Å²) in [6, 6.07) is 13.5. The highest BCUT2D eigenvalue weighted by Crippen LogP contribution is 2.38. The third-order valence-electron chi connectivity index (χ3n) is 2.91. The fraction of sp³-hybridized carbons (Fsp3) is 0.200. The van der Waals surface area contributed by atoms with Crippen LogP contribution in [0.3, 0.4) is 0 Å². The lowest BCUT2D eigenvalue weighted by atomic mass is 10.2. The van der Waals surface area contributed by atoms with Crippen molar-refractivity contribution in [3.63, 3.8) is 0 Å². The SMILES string of the molecule is Nc1cc2c(cc1OCc1ccccc1)OCCO2. The van der Waals surface area contributed by atoms with Gasteiger partial charge in [-0.25, -0.2) is 0 Å². The van der Waals surface area contributed by atoms with Crippen LogP contribution in [0.5, 0.6) is 17.2 Å². The van der Waals surface area contributed by atoms with Crippen LogP contribution in [0.2, 0.25) is 0 Å². The molecule has 0 fully saturated rings. The van der Waals surface area contributed by atoms with Crippen molar-refractivity contribution in [1.29, 1.82) is 0 Å². The molecule has 2 aromatic carbocycles. The number of rotatable bonds is 3. The second-order valence-electron chi connectivity index (χ2n) is 4.31. The van der Waals surface area contributed by atoms with Gasteiger partial charge in [-0.15, -0.1) is 0 Å². The van der Waals surface area contributed by atoms with E-state index in [1.807, 2.05) is 30.3 Å². The molecule has 0 atom stereocenters.